The molecule has 0 heterocycles. The van der Waals surface area contributed by atoms with Crippen LogP contribution in [0.15, 0.2) is 0 Å². The minimum absolute atomic E-state index is 0. The Labute approximate surface area is 363 Å². The first-order valence-corrected chi connectivity index (χ1v) is 23.0. The summed E-state index contributed by atoms with van der Waals surface area (Å²) in [6, 6.07) is 0. The summed E-state index contributed by atoms with van der Waals surface area (Å²) in [4.78, 5) is 66.1. The van der Waals surface area contributed by atoms with E-state index >= 15 is 0 Å². The second-order valence-corrected chi connectivity index (χ2v) is 18.0. The molecule has 0 aromatic heterocycles. The zero-order valence-electron chi connectivity index (χ0n) is 34.9. The number of hydrogen-bond acceptors (Lipinski definition) is 13. The van der Waals surface area contributed by atoms with Crippen LogP contribution in [0.4, 0.5) is 0 Å². The van der Waals surface area contributed by atoms with Gasteiger partial charge in [0, 0.05) is 50.4 Å². The van der Waals surface area contributed by atoms with Gasteiger partial charge in [0.15, 0.2) is 0 Å². The van der Waals surface area contributed by atoms with E-state index in [-0.39, 0.29) is 141 Å². The van der Waals surface area contributed by atoms with Gasteiger partial charge in [-0.3, -0.25) is 19.2 Å². The van der Waals surface area contributed by atoms with E-state index < -0.39 is 17.9 Å². The summed E-state index contributed by atoms with van der Waals surface area (Å²) in [6.45, 7) is 4.28. The molecular weight excluding hydrogens is 816 g/mol. The van der Waals surface area contributed by atoms with Gasteiger partial charge in [0.05, 0.1) is 65.6 Å². The van der Waals surface area contributed by atoms with Gasteiger partial charge in [-0.25, -0.2) is 0 Å². The van der Waals surface area contributed by atoms with E-state index in [0.717, 1.165) is 0 Å². The van der Waals surface area contributed by atoms with Gasteiger partial charge in [-0.2, -0.15) is 0 Å². The second-order valence-electron chi connectivity index (χ2n) is 14.1. The predicted molar refractivity (Wildman–Crippen MR) is 232 cm³/mol. The van der Waals surface area contributed by atoms with Crippen molar-refractivity contribution in [2.75, 3.05) is 98.9 Å². The molecule has 1 rings (SSSR count). The normalized spacial score (nSPS) is 15.9. The van der Waals surface area contributed by atoms with E-state index in [1.807, 2.05) is 0 Å². The Hall–Kier alpha value is -3.11. The van der Waals surface area contributed by atoms with Crippen LogP contribution in [0.5, 0.6) is 0 Å². The SMILES string of the molecule is C.C#CCOCCOCCNC(=O)CCC(CCC(=O)NCCOCCOCC#C)(CCC(=O)NCCOCCOCC#C)NC(=O)C1CCC(OP([O-])(=S)C(C)C)CC1. The molecule has 1 aliphatic carbocycles. The van der Waals surface area contributed by atoms with Crippen LogP contribution in [0.2, 0.25) is 0 Å². The van der Waals surface area contributed by atoms with E-state index in [9.17, 15) is 24.1 Å². The number of rotatable bonds is 35. The predicted octanol–water partition coefficient (Wildman–Crippen LogP) is 1.82. The minimum atomic E-state index is -3.21. The molecule has 1 fully saturated rings. The minimum Gasteiger partial charge on any atom is -0.800 e. The molecule has 0 aromatic carbocycles. The van der Waals surface area contributed by atoms with Crippen molar-refractivity contribution in [1.29, 1.82) is 0 Å². The maximum atomic E-state index is 14.0. The summed E-state index contributed by atoms with van der Waals surface area (Å²) < 4.78 is 37.8. The summed E-state index contributed by atoms with van der Waals surface area (Å²) >= 11 is 5.23. The lowest BCUT2D eigenvalue weighted by molar-refractivity contribution is -0.189. The summed E-state index contributed by atoms with van der Waals surface area (Å²) in [5.41, 5.74) is -1.40. The molecule has 18 heteroatoms. The van der Waals surface area contributed by atoms with Crippen molar-refractivity contribution < 1.29 is 57.0 Å². The number of ether oxygens (including phenoxy) is 6. The Morgan fingerprint density at radius 1 is 0.650 bits per heavy atom. The van der Waals surface area contributed by atoms with Gasteiger partial charge in [-0.15, -0.1) is 19.3 Å². The van der Waals surface area contributed by atoms with Crippen molar-refractivity contribution in [3.8, 4) is 37.0 Å². The van der Waals surface area contributed by atoms with E-state index in [0.29, 0.717) is 65.3 Å². The average Bonchev–Trinajstić information content (AvgIpc) is 3.21. The quantitative estimate of drug-likeness (QED) is 0.0408. The van der Waals surface area contributed by atoms with Crippen molar-refractivity contribution in [2.45, 2.75) is 103 Å². The van der Waals surface area contributed by atoms with Crippen molar-refractivity contribution in [1.82, 2.24) is 21.3 Å². The molecule has 1 saturated carbocycles. The smallest absolute Gasteiger partial charge is 0.223 e. The zero-order valence-corrected chi connectivity index (χ0v) is 36.6. The molecule has 4 N–H and O–H groups in total. The maximum absolute atomic E-state index is 14.0. The molecular formula is C42H70N4O12PS-. The fourth-order valence-corrected chi connectivity index (χ4v) is 7.09. The third-order valence-corrected chi connectivity index (χ3v) is 12.6. The number of carbonyl (C=O) groups is 4. The van der Waals surface area contributed by atoms with E-state index in [1.54, 1.807) is 13.8 Å². The van der Waals surface area contributed by atoms with Gasteiger partial charge in [-0.1, -0.05) is 50.8 Å². The second kappa shape index (κ2) is 35.5. The Kier molecular flexibility index (Phi) is 33.6. The van der Waals surface area contributed by atoms with Crippen molar-refractivity contribution in [3.05, 3.63) is 0 Å². The van der Waals surface area contributed by atoms with E-state index in [2.05, 4.69) is 39.0 Å². The molecule has 0 saturated heterocycles. The monoisotopic (exact) mass is 885 g/mol. The highest BCUT2D eigenvalue weighted by Crippen LogP contribution is 2.46. The molecule has 0 radical (unpaired) electrons. The van der Waals surface area contributed by atoms with Crippen LogP contribution in [0.3, 0.4) is 0 Å². The lowest BCUT2D eigenvalue weighted by Crippen LogP contribution is -2.52. The van der Waals surface area contributed by atoms with Crippen LogP contribution >= 0.6 is 6.49 Å². The Balaban J connectivity index is 0.0000348. The van der Waals surface area contributed by atoms with E-state index in [4.69, 9.17) is 64.0 Å². The van der Waals surface area contributed by atoms with Gasteiger partial charge in [-0.05, 0) is 57.1 Å². The van der Waals surface area contributed by atoms with Crippen LogP contribution in [0, 0.1) is 42.9 Å². The van der Waals surface area contributed by atoms with Crippen LogP contribution in [-0.4, -0.2) is 140 Å². The first-order chi connectivity index (χ1) is 28.4. The van der Waals surface area contributed by atoms with Crippen LogP contribution < -0.4 is 26.2 Å². The molecule has 0 bridgehead atoms. The number of carbonyl (C=O) groups excluding carboxylic acids is 4. The molecule has 1 atom stereocenters. The molecule has 4 amide bonds. The van der Waals surface area contributed by atoms with Gasteiger partial charge < -0.3 is 59.1 Å². The van der Waals surface area contributed by atoms with Gasteiger partial charge in [0.2, 0.25) is 23.6 Å². The Bertz CT molecular complexity index is 1280. The number of hydrogen-bond donors (Lipinski definition) is 4. The fraction of sp³-hybridized carbons (Fsp3) is 0.762. The average molecular weight is 886 g/mol. The van der Waals surface area contributed by atoms with Crippen LogP contribution in [0.25, 0.3) is 0 Å². The molecule has 1 unspecified atom stereocenters. The summed E-state index contributed by atoms with van der Waals surface area (Å²) in [5.74, 6) is 5.61. The standard InChI is InChI=1S/C41H67N4O12PS.CH4/c1-6-22-51-28-31-54-25-19-42-37(46)13-16-41(17-14-38(47)43-20-26-55-32-29-52-23-7-2,18-15-39(48)44-21-27-56-33-30-53-24-8-3)45-40(49)35-9-11-36(12-10-35)57-58(50,59)34(4)5;/h1-3,34-36H,9-33H2,4-5H3,(H,42,46)(H,43,47)(H,44,48)(H,45,49)(H,50,59);1H4/p-1. The Morgan fingerprint density at radius 2 is 1.00 bits per heavy atom. The van der Waals surface area contributed by atoms with Crippen molar-refractivity contribution in [3.63, 3.8) is 0 Å². The van der Waals surface area contributed by atoms with Crippen molar-refractivity contribution in [2.24, 2.45) is 5.92 Å². The lowest BCUT2D eigenvalue weighted by Gasteiger charge is -2.40. The highest BCUT2D eigenvalue weighted by Gasteiger charge is 2.37. The topological polar surface area (TPSA) is 204 Å². The van der Waals surface area contributed by atoms with Gasteiger partial charge in [0.25, 0.3) is 0 Å². The summed E-state index contributed by atoms with van der Waals surface area (Å²) in [7, 11) is 0. The molecule has 0 spiro atoms. The highest BCUT2D eigenvalue weighted by atomic mass is 32.5. The molecule has 0 aromatic rings. The summed E-state index contributed by atoms with van der Waals surface area (Å²) in [5, 5.41) is 11.7. The van der Waals surface area contributed by atoms with Crippen LogP contribution in [-0.2, 0) is 63.9 Å². The Morgan fingerprint density at radius 3 is 1.33 bits per heavy atom. The first-order valence-electron chi connectivity index (χ1n) is 20.3. The number of nitrogens with one attached hydrogen (secondary N) is 4. The molecule has 1 aliphatic rings. The third-order valence-electron chi connectivity index (χ3n) is 9.23. The van der Waals surface area contributed by atoms with Gasteiger partial charge >= 0.3 is 0 Å². The number of amides is 4. The van der Waals surface area contributed by atoms with Crippen LogP contribution in [0.1, 0.15) is 85.5 Å². The largest absolute Gasteiger partial charge is 0.800 e. The van der Waals surface area contributed by atoms with Gasteiger partial charge in [0.1, 0.15) is 19.8 Å². The zero-order chi connectivity index (χ0) is 43.6. The summed E-state index contributed by atoms with van der Waals surface area (Å²) in [6.07, 6.45) is 17.6. The molecule has 342 valence electrons. The molecule has 16 nitrogen and oxygen atoms in total. The maximum Gasteiger partial charge on any atom is 0.223 e. The fourth-order valence-electron chi connectivity index (χ4n) is 5.85. The lowest BCUT2D eigenvalue weighted by atomic mass is 9.81. The molecule has 0 aliphatic heterocycles. The van der Waals surface area contributed by atoms with Crippen molar-refractivity contribution >= 4 is 41.9 Å². The first kappa shape index (κ1) is 56.9. The number of terminal acetylenes is 3. The van der Waals surface area contributed by atoms with E-state index in [1.165, 1.54) is 0 Å². The highest BCUT2D eigenvalue weighted by molar-refractivity contribution is 8.09. The molecule has 60 heavy (non-hydrogen) atoms. The third kappa shape index (κ3) is 28.4.